The zero-order chi connectivity index (χ0) is 19.3. The molecule has 0 fully saturated rings. The quantitative estimate of drug-likeness (QED) is 0.343. The number of non-ortho nitro benzene ring substituents is 1. The van der Waals surface area contributed by atoms with Gasteiger partial charge in [0, 0.05) is 22.7 Å². The number of rotatable bonds is 4. The normalized spacial score (nSPS) is 10.6. The molecule has 0 spiro atoms. The maximum atomic E-state index is 11.8. The zero-order valence-corrected chi connectivity index (χ0v) is 15.0. The highest BCUT2D eigenvalue weighted by atomic mass is 35.5. The number of anilines is 1. The van der Waals surface area contributed by atoms with Crippen molar-refractivity contribution in [2.45, 2.75) is 0 Å². The molecule has 2 amide bonds. The molecule has 2 aromatic rings. The van der Waals surface area contributed by atoms with E-state index in [9.17, 15) is 19.7 Å². The minimum atomic E-state index is -1.08. The summed E-state index contributed by atoms with van der Waals surface area (Å²) >= 11 is 17.6. The second kappa shape index (κ2) is 8.61. The molecule has 2 aromatic carbocycles. The van der Waals surface area contributed by atoms with E-state index in [0.29, 0.717) is 0 Å². The molecule has 0 saturated carbocycles. The van der Waals surface area contributed by atoms with E-state index < -0.39 is 16.7 Å². The lowest BCUT2D eigenvalue weighted by atomic mass is 10.2. The largest absolute Gasteiger partial charge is 0.329 e. The molecular formula is C15H9Cl3N4O4. The average molecular weight is 416 g/mol. The summed E-state index contributed by atoms with van der Waals surface area (Å²) in [5, 5.41) is 17.0. The number of benzene rings is 2. The van der Waals surface area contributed by atoms with Crippen molar-refractivity contribution in [1.29, 1.82) is 0 Å². The molecule has 0 unspecified atom stereocenters. The Bertz CT molecular complexity index is 918. The summed E-state index contributed by atoms with van der Waals surface area (Å²) in [6.45, 7) is 0. The molecule has 0 saturated heterocycles. The van der Waals surface area contributed by atoms with Crippen LogP contribution in [0.3, 0.4) is 0 Å². The second-order valence-electron chi connectivity index (χ2n) is 4.72. The highest BCUT2D eigenvalue weighted by molar-refractivity contribution is 6.45. The van der Waals surface area contributed by atoms with Gasteiger partial charge >= 0.3 is 11.8 Å². The van der Waals surface area contributed by atoms with E-state index in [1.165, 1.54) is 30.3 Å². The summed E-state index contributed by atoms with van der Waals surface area (Å²) < 4.78 is 0. The van der Waals surface area contributed by atoms with Gasteiger partial charge in [-0.15, -0.1) is 0 Å². The summed E-state index contributed by atoms with van der Waals surface area (Å²) in [5.74, 6) is -2.12. The number of nitro groups is 1. The monoisotopic (exact) mass is 414 g/mol. The van der Waals surface area contributed by atoms with Crippen LogP contribution >= 0.6 is 34.8 Å². The second-order valence-corrected chi connectivity index (χ2v) is 5.91. The molecule has 0 heterocycles. The average Bonchev–Trinajstić information content (AvgIpc) is 2.60. The van der Waals surface area contributed by atoms with E-state index >= 15 is 0 Å². The molecule has 0 bridgehead atoms. The van der Waals surface area contributed by atoms with Crippen LogP contribution in [0.2, 0.25) is 15.1 Å². The van der Waals surface area contributed by atoms with Crippen LogP contribution in [-0.4, -0.2) is 23.0 Å². The highest BCUT2D eigenvalue weighted by Gasteiger charge is 2.15. The van der Waals surface area contributed by atoms with Gasteiger partial charge in [0.2, 0.25) is 0 Å². The minimum Gasteiger partial charge on any atom is -0.316 e. The number of halogens is 3. The Balaban J connectivity index is 2.03. The van der Waals surface area contributed by atoms with Crippen LogP contribution in [0.25, 0.3) is 0 Å². The number of nitrogens with zero attached hydrogens (tertiary/aromatic N) is 2. The number of nitrogens with one attached hydrogen (secondary N) is 2. The fourth-order valence-electron chi connectivity index (χ4n) is 1.73. The first kappa shape index (κ1) is 19.6. The lowest BCUT2D eigenvalue weighted by Crippen LogP contribution is -2.32. The number of hydrogen-bond donors (Lipinski definition) is 2. The van der Waals surface area contributed by atoms with Crippen molar-refractivity contribution in [2.24, 2.45) is 5.10 Å². The maximum absolute atomic E-state index is 11.8. The summed E-state index contributed by atoms with van der Waals surface area (Å²) in [6.07, 6.45) is 1.08. The molecule has 8 nitrogen and oxygen atoms in total. The Morgan fingerprint density at radius 2 is 1.81 bits per heavy atom. The first-order chi connectivity index (χ1) is 12.3. The Kier molecular flexibility index (Phi) is 6.51. The molecule has 0 aliphatic heterocycles. The Hall–Kier alpha value is -2.68. The zero-order valence-electron chi connectivity index (χ0n) is 12.7. The predicted octanol–water partition coefficient (Wildman–Crippen LogP) is 3.64. The van der Waals surface area contributed by atoms with Crippen LogP contribution in [0.1, 0.15) is 5.56 Å². The van der Waals surface area contributed by atoms with Crippen molar-refractivity contribution in [3.05, 3.63) is 67.1 Å². The molecule has 2 N–H and O–H groups in total. The third-order valence-electron chi connectivity index (χ3n) is 2.97. The lowest BCUT2D eigenvalue weighted by Gasteiger charge is -2.06. The van der Waals surface area contributed by atoms with Crippen LogP contribution in [0.5, 0.6) is 0 Å². The fraction of sp³-hybridized carbons (Fsp3) is 0. The van der Waals surface area contributed by atoms with Crippen LogP contribution in [0.4, 0.5) is 11.4 Å². The molecule has 0 atom stereocenters. The minimum absolute atomic E-state index is 0.0854. The molecule has 0 aromatic heterocycles. The van der Waals surface area contributed by atoms with Crippen LogP contribution in [0.15, 0.2) is 41.5 Å². The van der Waals surface area contributed by atoms with E-state index in [1.54, 1.807) is 6.07 Å². The van der Waals surface area contributed by atoms with Gasteiger partial charge in [-0.05, 0) is 18.2 Å². The fourth-order valence-corrected chi connectivity index (χ4v) is 2.25. The molecule has 134 valence electrons. The summed E-state index contributed by atoms with van der Waals surface area (Å²) in [6, 6.07) is 8.24. The van der Waals surface area contributed by atoms with Gasteiger partial charge in [-0.25, -0.2) is 5.43 Å². The van der Waals surface area contributed by atoms with Crippen molar-refractivity contribution in [1.82, 2.24) is 5.43 Å². The molecular weight excluding hydrogens is 407 g/mol. The van der Waals surface area contributed by atoms with E-state index in [4.69, 9.17) is 34.8 Å². The summed E-state index contributed by atoms with van der Waals surface area (Å²) in [7, 11) is 0. The highest BCUT2D eigenvalue weighted by Crippen LogP contribution is 2.29. The van der Waals surface area contributed by atoms with Crippen LogP contribution < -0.4 is 10.7 Å². The predicted molar refractivity (Wildman–Crippen MR) is 98.9 cm³/mol. The third kappa shape index (κ3) is 4.92. The van der Waals surface area contributed by atoms with Crippen molar-refractivity contribution in [3.8, 4) is 0 Å². The Morgan fingerprint density at radius 1 is 1.08 bits per heavy atom. The number of amides is 2. The topological polar surface area (TPSA) is 114 Å². The van der Waals surface area contributed by atoms with Gasteiger partial charge in [-0.1, -0.05) is 40.9 Å². The maximum Gasteiger partial charge on any atom is 0.329 e. The van der Waals surface area contributed by atoms with Crippen LogP contribution in [-0.2, 0) is 9.59 Å². The molecule has 0 aliphatic carbocycles. The summed E-state index contributed by atoms with van der Waals surface area (Å²) in [5.41, 5.74) is 2.13. The smallest absolute Gasteiger partial charge is 0.316 e. The van der Waals surface area contributed by atoms with Gasteiger partial charge in [0.25, 0.3) is 5.69 Å². The molecule has 0 radical (unpaired) electrons. The first-order valence-electron chi connectivity index (χ1n) is 6.82. The SMILES string of the molecule is O=C(NN=Cc1cc([N+](=O)[O-])ccc1Cl)C(=O)Nc1cccc(Cl)c1Cl. The van der Waals surface area contributed by atoms with E-state index in [1.807, 2.05) is 5.43 Å². The van der Waals surface area contributed by atoms with Gasteiger partial charge in [0.1, 0.15) is 0 Å². The van der Waals surface area contributed by atoms with Crippen LogP contribution in [0, 0.1) is 10.1 Å². The number of carbonyl (C=O) groups is 2. The van der Waals surface area contributed by atoms with E-state index in [2.05, 4.69) is 10.4 Å². The number of hydrogen-bond acceptors (Lipinski definition) is 5. The Morgan fingerprint density at radius 3 is 2.50 bits per heavy atom. The molecule has 11 heteroatoms. The first-order valence-corrected chi connectivity index (χ1v) is 7.95. The molecule has 0 aliphatic rings. The molecule has 2 rings (SSSR count). The van der Waals surface area contributed by atoms with Crippen molar-refractivity contribution < 1.29 is 14.5 Å². The van der Waals surface area contributed by atoms with Crippen molar-refractivity contribution >= 4 is 64.2 Å². The third-order valence-corrected chi connectivity index (χ3v) is 4.13. The number of hydrazone groups is 1. The number of carbonyl (C=O) groups excluding carboxylic acids is 2. The number of nitro benzene ring substituents is 1. The van der Waals surface area contributed by atoms with E-state index in [0.717, 1.165) is 6.21 Å². The van der Waals surface area contributed by atoms with E-state index in [-0.39, 0.29) is 32.0 Å². The van der Waals surface area contributed by atoms with Gasteiger partial charge in [0.15, 0.2) is 0 Å². The van der Waals surface area contributed by atoms with Gasteiger partial charge in [-0.3, -0.25) is 19.7 Å². The van der Waals surface area contributed by atoms with Crippen molar-refractivity contribution in [2.75, 3.05) is 5.32 Å². The van der Waals surface area contributed by atoms with Gasteiger partial charge < -0.3 is 5.32 Å². The standard InChI is InChI=1S/C15H9Cl3N4O4/c16-10-5-4-9(22(25)26)6-8(10)7-19-21-15(24)14(23)20-12-3-1-2-11(17)13(12)18/h1-7H,(H,20,23)(H,21,24). The lowest BCUT2D eigenvalue weighted by molar-refractivity contribution is -0.384. The van der Waals surface area contributed by atoms with Gasteiger partial charge in [-0.2, -0.15) is 5.10 Å². The van der Waals surface area contributed by atoms with Gasteiger partial charge in [0.05, 0.1) is 26.9 Å². The van der Waals surface area contributed by atoms with Crippen molar-refractivity contribution in [3.63, 3.8) is 0 Å². The Labute approximate surface area is 161 Å². The summed E-state index contributed by atoms with van der Waals surface area (Å²) in [4.78, 5) is 33.7. The molecule has 26 heavy (non-hydrogen) atoms.